The van der Waals surface area contributed by atoms with Crippen molar-refractivity contribution in [3.8, 4) is 0 Å². The van der Waals surface area contributed by atoms with Crippen LogP contribution < -0.4 is 16.4 Å². The highest BCUT2D eigenvalue weighted by molar-refractivity contribution is 5.95. The summed E-state index contributed by atoms with van der Waals surface area (Å²) in [5, 5.41) is 0. The molecular formula is C10H14N4O3. The predicted molar refractivity (Wildman–Crippen MR) is 62.5 cm³/mol. The normalized spacial score (nSPS) is 9.76. The number of carbonyl (C=O) groups is 2. The van der Waals surface area contributed by atoms with Crippen LogP contribution in [0.2, 0.25) is 0 Å². The zero-order chi connectivity index (χ0) is 13.0. The Bertz CT molecular complexity index is 447. The molecule has 0 aromatic carbocycles. The average Bonchev–Trinajstić information content (AvgIpc) is 2.27. The number of carbonyl (C=O) groups excluding carboxylic acids is 2. The Morgan fingerprint density at radius 2 is 2.18 bits per heavy atom. The molecule has 17 heavy (non-hydrogen) atoms. The number of methoxy groups -OCH3 is 1. The number of primary amides is 1. The van der Waals surface area contributed by atoms with Crippen LogP contribution in [0.3, 0.4) is 0 Å². The minimum atomic E-state index is -0.557. The van der Waals surface area contributed by atoms with Gasteiger partial charge in [-0.05, 0) is 6.07 Å². The Balaban J connectivity index is 3.03. The fraction of sp³-hybridized carbons (Fsp3) is 0.300. The van der Waals surface area contributed by atoms with Gasteiger partial charge in [0.05, 0.1) is 31.1 Å². The van der Waals surface area contributed by atoms with Crippen LogP contribution in [0.15, 0.2) is 12.3 Å². The van der Waals surface area contributed by atoms with Gasteiger partial charge >= 0.3 is 5.97 Å². The van der Waals surface area contributed by atoms with E-state index >= 15 is 0 Å². The van der Waals surface area contributed by atoms with Crippen LogP contribution in [0.1, 0.15) is 10.4 Å². The molecule has 0 unspecified atom stereocenters. The number of nitrogens with two attached hydrogens (primary N) is 2. The van der Waals surface area contributed by atoms with E-state index in [4.69, 9.17) is 11.5 Å². The van der Waals surface area contributed by atoms with Gasteiger partial charge in [0, 0.05) is 7.05 Å². The molecule has 0 spiro atoms. The van der Waals surface area contributed by atoms with Gasteiger partial charge in [0.15, 0.2) is 0 Å². The first-order valence-electron chi connectivity index (χ1n) is 4.79. The molecule has 92 valence electrons. The van der Waals surface area contributed by atoms with Gasteiger partial charge in [-0.25, -0.2) is 9.78 Å². The largest absolute Gasteiger partial charge is 0.465 e. The number of nitrogens with zero attached hydrogens (tertiary/aromatic N) is 2. The summed E-state index contributed by atoms with van der Waals surface area (Å²) in [6.07, 6.45) is 1.33. The fourth-order valence-electron chi connectivity index (χ4n) is 1.27. The van der Waals surface area contributed by atoms with Crippen molar-refractivity contribution in [3.63, 3.8) is 0 Å². The molecule has 4 N–H and O–H groups in total. The number of hydrogen-bond acceptors (Lipinski definition) is 6. The van der Waals surface area contributed by atoms with E-state index in [1.54, 1.807) is 7.05 Å². The first-order valence-corrected chi connectivity index (χ1v) is 4.79. The minimum absolute atomic E-state index is 0.00245. The smallest absolute Gasteiger partial charge is 0.340 e. The van der Waals surface area contributed by atoms with Crippen molar-refractivity contribution in [1.82, 2.24) is 4.98 Å². The van der Waals surface area contributed by atoms with Gasteiger partial charge in [-0.2, -0.15) is 0 Å². The lowest BCUT2D eigenvalue weighted by atomic mass is 10.2. The van der Waals surface area contributed by atoms with E-state index in [2.05, 4.69) is 9.72 Å². The first-order chi connectivity index (χ1) is 7.95. The van der Waals surface area contributed by atoms with E-state index in [-0.39, 0.29) is 17.8 Å². The molecule has 7 nitrogen and oxygen atoms in total. The van der Waals surface area contributed by atoms with Crippen molar-refractivity contribution >= 4 is 23.4 Å². The van der Waals surface area contributed by atoms with Gasteiger partial charge in [0.25, 0.3) is 0 Å². The maximum Gasteiger partial charge on any atom is 0.340 e. The summed E-state index contributed by atoms with van der Waals surface area (Å²) in [4.78, 5) is 27.7. The molecule has 0 atom stereocenters. The molecule has 1 rings (SSSR count). The molecule has 1 aromatic heterocycles. The highest BCUT2D eigenvalue weighted by Crippen LogP contribution is 2.17. The number of rotatable bonds is 4. The number of esters is 1. The van der Waals surface area contributed by atoms with Crippen LogP contribution in [-0.2, 0) is 9.53 Å². The van der Waals surface area contributed by atoms with Crippen molar-refractivity contribution in [2.45, 2.75) is 0 Å². The summed E-state index contributed by atoms with van der Waals surface area (Å²) in [6.45, 7) is -0.00245. The number of nitrogen functional groups attached to an aromatic ring is 1. The van der Waals surface area contributed by atoms with E-state index in [1.165, 1.54) is 24.3 Å². The summed E-state index contributed by atoms with van der Waals surface area (Å²) < 4.78 is 4.58. The Hall–Kier alpha value is -2.31. The van der Waals surface area contributed by atoms with Crippen molar-refractivity contribution in [1.29, 1.82) is 0 Å². The van der Waals surface area contributed by atoms with E-state index in [0.717, 1.165) is 0 Å². The molecule has 1 heterocycles. The molecule has 1 aromatic rings. The number of amides is 1. The second-order valence-corrected chi connectivity index (χ2v) is 3.44. The molecule has 0 aliphatic rings. The van der Waals surface area contributed by atoms with Crippen molar-refractivity contribution < 1.29 is 14.3 Å². The maximum atomic E-state index is 11.4. The second kappa shape index (κ2) is 5.15. The van der Waals surface area contributed by atoms with Gasteiger partial charge in [-0.15, -0.1) is 0 Å². The molecule has 1 amide bonds. The fourth-order valence-corrected chi connectivity index (χ4v) is 1.27. The molecular weight excluding hydrogens is 224 g/mol. The third-order valence-corrected chi connectivity index (χ3v) is 2.11. The molecule has 7 heteroatoms. The van der Waals surface area contributed by atoms with Gasteiger partial charge in [-0.1, -0.05) is 0 Å². The zero-order valence-corrected chi connectivity index (χ0v) is 9.64. The molecule has 0 bridgehead atoms. The van der Waals surface area contributed by atoms with Crippen molar-refractivity contribution in [3.05, 3.63) is 17.8 Å². The van der Waals surface area contributed by atoms with Crippen molar-refractivity contribution in [2.24, 2.45) is 5.73 Å². The van der Waals surface area contributed by atoms with Gasteiger partial charge in [-0.3, -0.25) is 4.79 Å². The van der Waals surface area contributed by atoms with Gasteiger partial charge in [0.2, 0.25) is 5.91 Å². The molecule has 0 aliphatic carbocycles. The third-order valence-electron chi connectivity index (χ3n) is 2.11. The quantitative estimate of drug-likeness (QED) is 0.675. The topological polar surface area (TPSA) is 112 Å². The predicted octanol–water partition coefficient (Wildman–Crippen LogP) is -0.628. The first kappa shape index (κ1) is 12.8. The molecule has 0 fully saturated rings. The summed E-state index contributed by atoms with van der Waals surface area (Å²) in [6, 6.07) is 1.45. The average molecular weight is 238 g/mol. The number of anilines is 2. The van der Waals surface area contributed by atoms with Crippen LogP contribution >= 0.6 is 0 Å². The number of aromatic nitrogens is 1. The summed E-state index contributed by atoms with van der Waals surface area (Å²) in [5.74, 6) is -0.636. The van der Waals surface area contributed by atoms with Crippen LogP contribution in [0.5, 0.6) is 0 Å². The molecule has 0 aliphatic heterocycles. The van der Waals surface area contributed by atoms with E-state index in [0.29, 0.717) is 5.82 Å². The Labute approximate surface area is 98.4 Å². The van der Waals surface area contributed by atoms with Crippen LogP contribution in [0.4, 0.5) is 11.5 Å². The molecule has 0 saturated heterocycles. The molecule has 0 saturated carbocycles. The second-order valence-electron chi connectivity index (χ2n) is 3.44. The lowest BCUT2D eigenvalue weighted by Gasteiger charge is -2.17. The SMILES string of the molecule is COC(=O)c1cc(N(C)CC(N)=O)ncc1N. The number of ether oxygens (including phenoxy) is 1. The number of likely N-dealkylation sites (N-methyl/N-ethyl adjacent to an activating group) is 1. The Morgan fingerprint density at radius 1 is 1.53 bits per heavy atom. The van der Waals surface area contributed by atoms with E-state index in [1.807, 2.05) is 0 Å². The van der Waals surface area contributed by atoms with Crippen LogP contribution in [0, 0.1) is 0 Å². The number of pyridine rings is 1. The van der Waals surface area contributed by atoms with Crippen LogP contribution in [0.25, 0.3) is 0 Å². The summed E-state index contributed by atoms with van der Waals surface area (Å²) >= 11 is 0. The lowest BCUT2D eigenvalue weighted by molar-refractivity contribution is -0.116. The van der Waals surface area contributed by atoms with Crippen molar-refractivity contribution in [2.75, 3.05) is 31.3 Å². The Kier molecular flexibility index (Phi) is 3.86. The standard InChI is InChI=1S/C10H14N4O3/c1-14(5-8(12)15)9-3-6(10(16)17-2)7(11)4-13-9/h3-4H,5,11H2,1-2H3,(H2,12,15). The van der Waals surface area contributed by atoms with E-state index in [9.17, 15) is 9.59 Å². The minimum Gasteiger partial charge on any atom is -0.465 e. The monoisotopic (exact) mass is 238 g/mol. The maximum absolute atomic E-state index is 11.4. The summed E-state index contributed by atoms with van der Waals surface area (Å²) in [5.41, 5.74) is 11.1. The van der Waals surface area contributed by atoms with Crippen LogP contribution in [-0.4, -0.2) is 37.6 Å². The molecule has 0 radical (unpaired) electrons. The summed E-state index contributed by atoms with van der Waals surface area (Å²) in [7, 11) is 2.89. The number of hydrogen-bond donors (Lipinski definition) is 2. The van der Waals surface area contributed by atoms with Gasteiger partial charge in [0.1, 0.15) is 5.82 Å². The van der Waals surface area contributed by atoms with Gasteiger partial charge < -0.3 is 21.1 Å². The zero-order valence-electron chi connectivity index (χ0n) is 9.64. The highest BCUT2D eigenvalue weighted by atomic mass is 16.5. The Morgan fingerprint density at radius 3 is 2.71 bits per heavy atom. The van der Waals surface area contributed by atoms with E-state index < -0.39 is 11.9 Å². The third kappa shape index (κ3) is 3.07. The highest BCUT2D eigenvalue weighted by Gasteiger charge is 2.14. The lowest BCUT2D eigenvalue weighted by Crippen LogP contribution is -2.31.